The van der Waals surface area contributed by atoms with Crippen LogP contribution < -0.4 is 0 Å². The topological polar surface area (TPSA) is 17.8 Å². The lowest BCUT2D eigenvalue weighted by Crippen LogP contribution is -2.04. The molecule has 0 saturated heterocycles. The highest BCUT2D eigenvalue weighted by molar-refractivity contribution is 5.58. The molecule has 0 saturated carbocycles. The fourth-order valence-electron chi connectivity index (χ4n) is 1.94. The quantitative estimate of drug-likeness (QED) is 0.734. The lowest BCUT2D eigenvalue weighted by molar-refractivity contribution is 0.612. The van der Waals surface area contributed by atoms with Gasteiger partial charge in [-0.2, -0.15) is 0 Å². The summed E-state index contributed by atoms with van der Waals surface area (Å²) in [6.45, 7) is 11.9. The van der Waals surface area contributed by atoms with E-state index in [-0.39, 0.29) is 0 Å². The zero-order chi connectivity index (χ0) is 12.1. The fourth-order valence-corrected chi connectivity index (χ4v) is 1.94. The van der Waals surface area contributed by atoms with Crippen molar-refractivity contribution in [1.29, 1.82) is 0 Å². The molecule has 2 nitrogen and oxygen atoms in total. The molecule has 0 radical (unpaired) electrons. The van der Waals surface area contributed by atoms with E-state index >= 15 is 0 Å². The first-order valence-corrected chi connectivity index (χ1v) is 6.34. The smallest absolute Gasteiger partial charge is 0.135 e. The maximum absolute atomic E-state index is 4.75. The Balaban J connectivity index is 3.14. The standard InChI is InChI=1S/C14H24N2/c1-6-9-10-16-12(5)13(8-3)15-14(16)11(4)7-2/h7H,6,8-10H2,1-5H3. The molecule has 0 aliphatic carbocycles. The predicted molar refractivity (Wildman–Crippen MR) is 70.6 cm³/mol. The average molecular weight is 220 g/mol. The Hall–Kier alpha value is -1.05. The number of rotatable bonds is 5. The van der Waals surface area contributed by atoms with Gasteiger partial charge in [0.1, 0.15) is 5.82 Å². The van der Waals surface area contributed by atoms with E-state index in [9.17, 15) is 0 Å². The van der Waals surface area contributed by atoms with Gasteiger partial charge in [-0.1, -0.05) is 26.3 Å². The third-order valence-corrected chi connectivity index (χ3v) is 3.17. The minimum Gasteiger partial charge on any atom is -0.328 e. The van der Waals surface area contributed by atoms with Crippen LogP contribution in [0, 0.1) is 6.92 Å². The molecule has 0 atom stereocenters. The zero-order valence-electron chi connectivity index (χ0n) is 11.3. The van der Waals surface area contributed by atoms with Crippen LogP contribution in [0.1, 0.15) is 57.7 Å². The van der Waals surface area contributed by atoms with Gasteiger partial charge in [0.05, 0.1) is 5.69 Å². The molecule has 0 N–H and O–H groups in total. The van der Waals surface area contributed by atoms with Gasteiger partial charge in [-0.15, -0.1) is 0 Å². The number of hydrogen-bond acceptors (Lipinski definition) is 1. The second kappa shape index (κ2) is 5.88. The maximum atomic E-state index is 4.75. The highest BCUT2D eigenvalue weighted by atomic mass is 15.1. The molecule has 1 aromatic rings. The second-order valence-electron chi connectivity index (χ2n) is 4.30. The largest absolute Gasteiger partial charge is 0.328 e. The van der Waals surface area contributed by atoms with Crippen molar-refractivity contribution >= 4 is 5.57 Å². The average Bonchev–Trinajstić information content (AvgIpc) is 2.62. The fraction of sp³-hybridized carbons (Fsp3) is 0.643. The second-order valence-corrected chi connectivity index (χ2v) is 4.30. The highest BCUT2D eigenvalue weighted by Gasteiger charge is 2.12. The summed E-state index contributed by atoms with van der Waals surface area (Å²) in [6.07, 6.45) is 5.62. The Kier molecular flexibility index (Phi) is 4.78. The number of hydrogen-bond donors (Lipinski definition) is 0. The summed E-state index contributed by atoms with van der Waals surface area (Å²) in [5, 5.41) is 0. The van der Waals surface area contributed by atoms with Gasteiger partial charge in [-0.05, 0) is 39.2 Å². The van der Waals surface area contributed by atoms with Gasteiger partial charge >= 0.3 is 0 Å². The van der Waals surface area contributed by atoms with Crippen LogP contribution in [0.25, 0.3) is 5.57 Å². The Bertz CT molecular complexity index is 372. The molecule has 90 valence electrons. The van der Waals surface area contributed by atoms with Crippen molar-refractivity contribution in [3.05, 3.63) is 23.3 Å². The van der Waals surface area contributed by atoms with Crippen molar-refractivity contribution in [2.75, 3.05) is 0 Å². The minimum absolute atomic E-state index is 1.02. The summed E-state index contributed by atoms with van der Waals surface area (Å²) in [5.41, 5.74) is 3.86. The number of unbranched alkanes of at least 4 members (excludes halogenated alkanes) is 1. The van der Waals surface area contributed by atoms with Crippen molar-refractivity contribution in [2.45, 2.75) is 60.4 Å². The predicted octanol–water partition coefficient (Wildman–Crippen LogP) is 3.98. The van der Waals surface area contributed by atoms with Crippen molar-refractivity contribution in [3.8, 4) is 0 Å². The van der Waals surface area contributed by atoms with E-state index in [0.717, 1.165) is 18.8 Å². The SMILES string of the molecule is CC=C(C)c1nc(CC)c(C)n1CCCC. The lowest BCUT2D eigenvalue weighted by Gasteiger charge is -2.09. The number of nitrogens with zero attached hydrogens (tertiary/aromatic N) is 2. The number of allylic oxidation sites excluding steroid dienone is 2. The van der Waals surface area contributed by atoms with Crippen molar-refractivity contribution < 1.29 is 0 Å². The summed E-state index contributed by atoms with van der Waals surface area (Å²) in [4.78, 5) is 4.75. The molecule has 0 fully saturated rings. The third kappa shape index (κ3) is 2.55. The van der Waals surface area contributed by atoms with Gasteiger partial charge in [0.25, 0.3) is 0 Å². The van der Waals surface area contributed by atoms with E-state index in [1.165, 1.54) is 29.8 Å². The van der Waals surface area contributed by atoms with E-state index < -0.39 is 0 Å². The maximum Gasteiger partial charge on any atom is 0.135 e. The number of imidazole rings is 1. The van der Waals surface area contributed by atoms with Gasteiger partial charge < -0.3 is 4.57 Å². The van der Waals surface area contributed by atoms with Gasteiger partial charge in [0.2, 0.25) is 0 Å². The van der Waals surface area contributed by atoms with Crippen LogP contribution in [-0.2, 0) is 13.0 Å². The van der Waals surface area contributed by atoms with Crippen molar-refractivity contribution in [1.82, 2.24) is 9.55 Å². The summed E-state index contributed by atoms with van der Waals surface area (Å²) in [6, 6.07) is 0. The molecule has 16 heavy (non-hydrogen) atoms. The summed E-state index contributed by atoms with van der Waals surface area (Å²) >= 11 is 0. The van der Waals surface area contributed by atoms with E-state index in [1.54, 1.807) is 0 Å². The molecule has 0 bridgehead atoms. The van der Waals surface area contributed by atoms with E-state index in [1.807, 2.05) is 0 Å². The van der Waals surface area contributed by atoms with Gasteiger partial charge in [0.15, 0.2) is 0 Å². The monoisotopic (exact) mass is 220 g/mol. The van der Waals surface area contributed by atoms with E-state index in [2.05, 4.69) is 45.3 Å². The van der Waals surface area contributed by atoms with Gasteiger partial charge in [-0.25, -0.2) is 4.98 Å². The van der Waals surface area contributed by atoms with Crippen LogP contribution in [0.4, 0.5) is 0 Å². The Labute approximate surface area is 99.4 Å². The van der Waals surface area contributed by atoms with E-state index in [0.29, 0.717) is 0 Å². The molecule has 0 amide bonds. The van der Waals surface area contributed by atoms with Crippen molar-refractivity contribution in [3.63, 3.8) is 0 Å². The lowest BCUT2D eigenvalue weighted by atomic mass is 10.2. The Morgan fingerprint density at radius 1 is 1.38 bits per heavy atom. The normalized spacial score (nSPS) is 12.2. The van der Waals surface area contributed by atoms with Gasteiger partial charge in [-0.3, -0.25) is 0 Å². The van der Waals surface area contributed by atoms with Crippen LogP contribution in [0.15, 0.2) is 6.08 Å². The third-order valence-electron chi connectivity index (χ3n) is 3.17. The molecule has 1 heterocycles. The summed E-state index contributed by atoms with van der Waals surface area (Å²) in [5.74, 6) is 1.16. The highest BCUT2D eigenvalue weighted by Crippen LogP contribution is 2.19. The van der Waals surface area contributed by atoms with Gasteiger partial charge in [0, 0.05) is 12.2 Å². The molecular formula is C14H24N2. The molecule has 0 unspecified atom stereocenters. The summed E-state index contributed by atoms with van der Waals surface area (Å²) < 4.78 is 2.37. The molecule has 0 aromatic carbocycles. The van der Waals surface area contributed by atoms with Crippen LogP contribution in [-0.4, -0.2) is 9.55 Å². The van der Waals surface area contributed by atoms with Crippen LogP contribution in [0.3, 0.4) is 0 Å². The van der Waals surface area contributed by atoms with Crippen molar-refractivity contribution in [2.24, 2.45) is 0 Å². The molecule has 1 aromatic heterocycles. The molecule has 1 rings (SSSR count). The molecule has 0 aliphatic heterocycles. The molecule has 0 spiro atoms. The molecular weight excluding hydrogens is 196 g/mol. The van der Waals surface area contributed by atoms with Crippen LogP contribution in [0.2, 0.25) is 0 Å². The van der Waals surface area contributed by atoms with Crippen LogP contribution in [0.5, 0.6) is 0 Å². The number of aromatic nitrogens is 2. The summed E-state index contributed by atoms with van der Waals surface area (Å²) in [7, 11) is 0. The zero-order valence-corrected chi connectivity index (χ0v) is 11.3. The number of aryl methyl sites for hydroxylation is 1. The van der Waals surface area contributed by atoms with Crippen LogP contribution >= 0.6 is 0 Å². The first-order chi connectivity index (χ1) is 7.65. The first-order valence-electron chi connectivity index (χ1n) is 6.34. The Morgan fingerprint density at radius 3 is 2.56 bits per heavy atom. The van der Waals surface area contributed by atoms with E-state index in [4.69, 9.17) is 4.98 Å². The minimum atomic E-state index is 1.02. The molecule has 2 heteroatoms. The Morgan fingerprint density at radius 2 is 2.06 bits per heavy atom. The molecule has 0 aliphatic rings. The first kappa shape index (κ1) is 13.0.